The van der Waals surface area contributed by atoms with Crippen molar-refractivity contribution < 1.29 is 19.1 Å². The Hall–Kier alpha value is -4.12. The molecule has 3 amide bonds. The molecular formula is C21H20N4O4. The van der Waals surface area contributed by atoms with Gasteiger partial charge < -0.3 is 10.1 Å². The minimum Gasteiger partial charge on any atom is -0.482 e. The van der Waals surface area contributed by atoms with E-state index in [4.69, 9.17) is 10.00 Å². The van der Waals surface area contributed by atoms with Gasteiger partial charge in [-0.05, 0) is 30.7 Å². The lowest BCUT2D eigenvalue weighted by molar-refractivity contribution is -0.131. The lowest BCUT2D eigenvalue weighted by Crippen LogP contribution is -2.51. The van der Waals surface area contributed by atoms with Gasteiger partial charge in [-0.2, -0.15) is 5.26 Å². The molecule has 2 rings (SSSR count). The zero-order valence-electron chi connectivity index (χ0n) is 15.7. The van der Waals surface area contributed by atoms with Crippen LogP contribution < -0.4 is 20.9 Å². The van der Waals surface area contributed by atoms with E-state index in [1.807, 2.05) is 36.4 Å². The molecule has 8 nitrogen and oxygen atoms in total. The SMILES string of the molecule is CC(NC(=O)/C=C/c1ccccc1)C(=O)NNC(=O)COc1ccccc1C#N. The quantitative estimate of drug-likeness (QED) is 0.485. The van der Waals surface area contributed by atoms with Crippen LogP contribution in [0.4, 0.5) is 0 Å². The molecular weight excluding hydrogens is 372 g/mol. The molecule has 0 aliphatic heterocycles. The summed E-state index contributed by atoms with van der Waals surface area (Å²) < 4.78 is 5.26. The van der Waals surface area contributed by atoms with Gasteiger partial charge >= 0.3 is 0 Å². The number of carbonyl (C=O) groups is 3. The monoisotopic (exact) mass is 392 g/mol. The Bertz CT molecular complexity index is 935. The topological polar surface area (TPSA) is 120 Å². The van der Waals surface area contributed by atoms with E-state index < -0.39 is 23.8 Å². The number of ether oxygens (including phenoxy) is 1. The predicted octanol–water partition coefficient (Wildman–Crippen LogP) is 1.30. The second-order valence-electron chi connectivity index (χ2n) is 5.91. The van der Waals surface area contributed by atoms with Crippen LogP contribution in [0.2, 0.25) is 0 Å². The second-order valence-corrected chi connectivity index (χ2v) is 5.91. The van der Waals surface area contributed by atoms with Gasteiger partial charge in [-0.3, -0.25) is 25.2 Å². The van der Waals surface area contributed by atoms with Gasteiger partial charge in [-0.15, -0.1) is 0 Å². The predicted molar refractivity (Wildman–Crippen MR) is 106 cm³/mol. The number of benzene rings is 2. The minimum absolute atomic E-state index is 0.266. The Morgan fingerprint density at radius 3 is 2.48 bits per heavy atom. The van der Waals surface area contributed by atoms with E-state index in [0.29, 0.717) is 5.56 Å². The molecule has 1 unspecified atom stereocenters. The molecule has 1 atom stereocenters. The first-order chi connectivity index (χ1) is 14.0. The van der Waals surface area contributed by atoms with Gasteiger partial charge in [-0.25, -0.2) is 0 Å². The van der Waals surface area contributed by atoms with Crippen molar-refractivity contribution in [2.75, 3.05) is 6.61 Å². The summed E-state index contributed by atoms with van der Waals surface area (Å²) in [4.78, 5) is 35.7. The highest BCUT2D eigenvalue weighted by atomic mass is 16.5. The molecule has 0 aliphatic carbocycles. The minimum atomic E-state index is -0.872. The van der Waals surface area contributed by atoms with E-state index in [0.717, 1.165) is 5.56 Å². The zero-order chi connectivity index (χ0) is 21.1. The fraction of sp³-hybridized carbons (Fsp3) is 0.143. The lowest BCUT2D eigenvalue weighted by Gasteiger charge is -2.14. The van der Waals surface area contributed by atoms with Crippen LogP contribution in [0.25, 0.3) is 6.08 Å². The van der Waals surface area contributed by atoms with Crippen LogP contribution in [0.5, 0.6) is 5.75 Å². The third kappa shape index (κ3) is 7.19. The van der Waals surface area contributed by atoms with Gasteiger partial charge in [0.05, 0.1) is 5.56 Å². The van der Waals surface area contributed by atoms with E-state index in [9.17, 15) is 14.4 Å². The number of hydrazine groups is 1. The molecule has 0 aromatic heterocycles. The molecule has 0 aliphatic rings. The lowest BCUT2D eigenvalue weighted by atomic mass is 10.2. The maximum Gasteiger partial charge on any atom is 0.276 e. The Balaban J connectivity index is 1.73. The highest BCUT2D eigenvalue weighted by molar-refractivity contribution is 5.95. The number of nitriles is 1. The van der Waals surface area contributed by atoms with Crippen molar-refractivity contribution in [2.24, 2.45) is 0 Å². The number of para-hydroxylation sites is 1. The second kappa shape index (κ2) is 10.9. The third-order valence-electron chi connectivity index (χ3n) is 3.67. The summed E-state index contributed by atoms with van der Waals surface area (Å²) in [5.74, 6) is -1.40. The maximum absolute atomic E-state index is 12.0. The highest BCUT2D eigenvalue weighted by Crippen LogP contribution is 2.15. The third-order valence-corrected chi connectivity index (χ3v) is 3.67. The standard InChI is InChI=1S/C21H20N4O4/c1-15(23-19(26)12-11-16-7-3-2-4-8-16)21(28)25-24-20(27)14-29-18-10-6-5-9-17(18)13-22/h2-12,15H,14H2,1H3,(H,23,26)(H,24,27)(H,25,28)/b12-11+. The van der Waals surface area contributed by atoms with Crippen LogP contribution in [-0.2, 0) is 14.4 Å². The number of hydrogen-bond acceptors (Lipinski definition) is 5. The first-order valence-corrected chi connectivity index (χ1v) is 8.74. The molecule has 29 heavy (non-hydrogen) atoms. The Morgan fingerprint density at radius 1 is 1.07 bits per heavy atom. The Kier molecular flexibility index (Phi) is 7.96. The summed E-state index contributed by atoms with van der Waals surface area (Å²) in [5, 5.41) is 11.5. The van der Waals surface area contributed by atoms with Crippen LogP contribution in [0, 0.1) is 11.3 Å². The number of rotatable bonds is 7. The van der Waals surface area contributed by atoms with E-state index in [-0.39, 0.29) is 12.4 Å². The summed E-state index contributed by atoms with van der Waals surface area (Å²) in [5.41, 5.74) is 5.54. The molecule has 3 N–H and O–H groups in total. The molecule has 0 spiro atoms. The van der Waals surface area contributed by atoms with Crippen LogP contribution >= 0.6 is 0 Å². The summed E-state index contributed by atoms with van der Waals surface area (Å²) in [7, 11) is 0. The molecule has 0 saturated carbocycles. The molecule has 0 fully saturated rings. The van der Waals surface area contributed by atoms with E-state index >= 15 is 0 Å². The average Bonchev–Trinajstić information content (AvgIpc) is 2.75. The van der Waals surface area contributed by atoms with Crippen molar-refractivity contribution in [3.63, 3.8) is 0 Å². The number of hydrogen-bond donors (Lipinski definition) is 3. The van der Waals surface area contributed by atoms with Gasteiger partial charge in [0.1, 0.15) is 17.9 Å². The van der Waals surface area contributed by atoms with Crippen LogP contribution in [0.3, 0.4) is 0 Å². The largest absolute Gasteiger partial charge is 0.482 e. The number of nitrogens with one attached hydrogen (secondary N) is 3. The Morgan fingerprint density at radius 2 is 1.76 bits per heavy atom. The van der Waals surface area contributed by atoms with Crippen molar-refractivity contribution in [2.45, 2.75) is 13.0 Å². The number of nitrogens with zero attached hydrogens (tertiary/aromatic N) is 1. The fourth-order valence-corrected chi connectivity index (χ4v) is 2.17. The summed E-state index contributed by atoms with van der Waals surface area (Å²) >= 11 is 0. The van der Waals surface area contributed by atoms with Gasteiger partial charge in [-0.1, -0.05) is 42.5 Å². The molecule has 8 heteroatoms. The van der Waals surface area contributed by atoms with Gasteiger partial charge in [0, 0.05) is 6.08 Å². The van der Waals surface area contributed by atoms with Crippen molar-refractivity contribution >= 4 is 23.8 Å². The van der Waals surface area contributed by atoms with Crippen LogP contribution in [-0.4, -0.2) is 30.4 Å². The molecule has 0 radical (unpaired) electrons. The summed E-state index contributed by atoms with van der Waals surface area (Å²) in [6.45, 7) is 1.09. The molecule has 2 aromatic carbocycles. The zero-order valence-corrected chi connectivity index (χ0v) is 15.7. The number of carbonyl (C=O) groups excluding carboxylic acids is 3. The fourth-order valence-electron chi connectivity index (χ4n) is 2.17. The molecule has 0 bridgehead atoms. The van der Waals surface area contributed by atoms with Crippen molar-refractivity contribution in [1.29, 1.82) is 5.26 Å². The molecule has 0 heterocycles. The van der Waals surface area contributed by atoms with Gasteiger partial charge in [0.25, 0.3) is 11.8 Å². The van der Waals surface area contributed by atoms with Gasteiger partial charge in [0.15, 0.2) is 6.61 Å². The van der Waals surface area contributed by atoms with Gasteiger partial charge in [0.2, 0.25) is 5.91 Å². The highest BCUT2D eigenvalue weighted by Gasteiger charge is 2.15. The van der Waals surface area contributed by atoms with Crippen LogP contribution in [0.1, 0.15) is 18.1 Å². The summed E-state index contributed by atoms with van der Waals surface area (Å²) in [6, 6.07) is 16.8. The first-order valence-electron chi connectivity index (χ1n) is 8.74. The molecule has 2 aromatic rings. The van der Waals surface area contributed by atoms with Crippen molar-refractivity contribution in [3.05, 3.63) is 71.8 Å². The smallest absolute Gasteiger partial charge is 0.276 e. The van der Waals surface area contributed by atoms with Crippen molar-refractivity contribution in [1.82, 2.24) is 16.2 Å². The summed E-state index contributed by atoms with van der Waals surface area (Å²) in [6.07, 6.45) is 2.94. The molecule has 148 valence electrons. The van der Waals surface area contributed by atoms with E-state index in [1.165, 1.54) is 13.0 Å². The Labute approximate surface area is 168 Å². The maximum atomic E-state index is 12.0. The number of amides is 3. The first kappa shape index (κ1) is 21.2. The van der Waals surface area contributed by atoms with E-state index in [1.54, 1.807) is 30.3 Å². The van der Waals surface area contributed by atoms with Crippen molar-refractivity contribution in [3.8, 4) is 11.8 Å². The molecule has 0 saturated heterocycles. The van der Waals surface area contributed by atoms with E-state index in [2.05, 4.69) is 16.2 Å². The average molecular weight is 392 g/mol. The van der Waals surface area contributed by atoms with Crippen LogP contribution in [0.15, 0.2) is 60.7 Å². The normalized spacial score (nSPS) is 11.2.